The lowest BCUT2D eigenvalue weighted by Gasteiger charge is -2.07. The molecule has 2 N–H and O–H groups in total. The van der Waals surface area contributed by atoms with Gasteiger partial charge in [-0.05, 0) is 0 Å². The van der Waals surface area contributed by atoms with Crippen LogP contribution in [0.1, 0.15) is 0 Å². The topological polar surface area (TPSA) is 55.6 Å². The van der Waals surface area contributed by atoms with E-state index in [0.29, 0.717) is 6.41 Å². The summed E-state index contributed by atoms with van der Waals surface area (Å²) in [5.41, 5.74) is 4.96. The van der Waals surface area contributed by atoms with Gasteiger partial charge in [0.05, 0.1) is 13.8 Å². The van der Waals surface area contributed by atoms with Gasteiger partial charge in [-0.1, -0.05) is 0 Å². The summed E-state index contributed by atoms with van der Waals surface area (Å²) in [6, 6.07) is 0. The summed E-state index contributed by atoms with van der Waals surface area (Å²) in [7, 11) is 1.38. The molecule has 0 aromatic rings. The summed E-state index contributed by atoms with van der Waals surface area (Å²) in [5, 5.41) is 0.972. The predicted octanol–water partition coefficient (Wildman–Crippen LogP) is -1.08. The van der Waals surface area contributed by atoms with Gasteiger partial charge in [0.2, 0.25) is 6.41 Å². The van der Waals surface area contributed by atoms with E-state index in [4.69, 9.17) is 5.73 Å². The van der Waals surface area contributed by atoms with Crippen LogP contribution in [0.5, 0.6) is 0 Å². The fraction of sp³-hybridized carbons (Fsp3) is 0.667. The summed E-state index contributed by atoms with van der Waals surface area (Å²) in [4.78, 5) is 14.1. The quantitative estimate of drug-likeness (QED) is 0.281. The first-order valence-corrected chi connectivity index (χ1v) is 1.81. The predicted molar refractivity (Wildman–Crippen MR) is 24.0 cm³/mol. The van der Waals surface area contributed by atoms with Gasteiger partial charge in [0.15, 0.2) is 0 Å². The number of nitrogens with two attached hydrogens (primary N) is 1. The molecule has 0 spiro atoms. The highest BCUT2D eigenvalue weighted by Gasteiger charge is 1.88. The van der Waals surface area contributed by atoms with Crippen molar-refractivity contribution in [1.29, 1.82) is 0 Å². The number of hydrogen-bond acceptors (Lipinski definition) is 3. The fourth-order valence-corrected chi connectivity index (χ4v) is 0.161. The normalized spacial score (nSPS) is 8.29. The van der Waals surface area contributed by atoms with Gasteiger partial charge < -0.3 is 5.73 Å². The van der Waals surface area contributed by atoms with Gasteiger partial charge in [-0.2, -0.15) is 0 Å². The molecule has 0 aliphatic heterocycles. The fourth-order valence-electron chi connectivity index (χ4n) is 0.161. The highest BCUT2D eigenvalue weighted by molar-refractivity contribution is 5.44. The lowest BCUT2D eigenvalue weighted by molar-refractivity contribution is -0.160. The summed E-state index contributed by atoms with van der Waals surface area (Å²) in [6.07, 6.45) is 0.514. The summed E-state index contributed by atoms with van der Waals surface area (Å²) in [6.45, 7) is 0.0972. The lowest BCUT2D eigenvalue weighted by Crippen LogP contribution is -2.27. The van der Waals surface area contributed by atoms with Crippen molar-refractivity contribution >= 4 is 6.41 Å². The van der Waals surface area contributed by atoms with Crippen molar-refractivity contribution in [3.05, 3.63) is 0 Å². The minimum atomic E-state index is 0.0972. The van der Waals surface area contributed by atoms with E-state index in [0.717, 1.165) is 5.06 Å². The van der Waals surface area contributed by atoms with Gasteiger partial charge in [0, 0.05) is 0 Å². The zero-order valence-corrected chi connectivity index (χ0v) is 4.13. The van der Waals surface area contributed by atoms with E-state index in [9.17, 15) is 4.79 Å². The molecule has 0 aliphatic carbocycles. The zero-order valence-electron chi connectivity index (χ0n) is 4.13. The molecule has 0 saturated carbocycles. The first kappa shape index (κ1) is 6.39. The third kappa shape index (κ3) is 2.13. The molecule has 7 heavy (non-hydrogen) atoms. The number of carbonyl (C=O) groups is 1. The molecule has 4 heteroatoms. The molecule has 0 unspecified atom stereocenters. The highest BCUT2D eigenvalue weighted by Crippen LogP contribution is 1.71. The van der Waals surface area contributed by atoms with Crippen molar-refractivity contribution in [2.75, 3.05) is 13.8 Å². The third-order valence-corrected chi connectivity index (χ3v) is 0.532. The van der Waals surface area contributed by atoms with E-state index in [-0.39, 0.29) is 6.67 Å². The van der Waals surface area contributed by atoms with E-state index in [1.54, 1.807) is 0 Å². The number of hydroxylamine groups is 2. The molecule has 0 fully saturated rings. The van der Waals surface area contributed by atoms with Crippen LogP contribution >= 0.6 is 0 Å². The Kier molecular flexibility index (Phi) is 3.26. The molecule has 4 nitrogen and oxygen atoms in total. The first-order valence-electron chi connectivity index (χ1n) is 1.81. The Labute approximate surface area is 41.8 Å². The second kappa shape index (κ2) is 3.58. The van der Waals surface area contributed by atoms with Gasteiger partial charge in [-0.3, -0.25) is 9.63 Å². The standard InChI is InChI=1S/C3H8N2O2/c1-7-5(2-4)3-6/h3H,2,4H2,1H3. The Morgan fingerprint density at radius 3 is 2.57 bits per heavy atom. The van der Waals surface area contributed by atoms with Crippen LogP contribution in [-0.2, 0) is 9.63 Å². The monoisotopic (exact) mass is 104 g/mol. The van der Waals surface area contributed by atoms with Crippen LogP contribution in [0.2, 0.25) is 0 Å². The van der Waals surface area contributed by atoms with Crippen molar-refractivity contribution in [3.8, 4) is 0 Å². The van der Waals surface area contributed by atoms with E-state index >= 15 is 0 Å². The van der Waals surface area contributed by atoms with Crippen LogP contribution in [0.15, 0.2) is 0 Å². The Bertz CT molecular complexity index is 52.9. The number of carbonyl (C=O) groups excluding carboxylic acids is 1. The van der Waals surface area contributed by atoms with Gasteiger partial charge in [0.25, 0.3) is 0 Å². The third-order valence-electron chi connectivity index (χ3n) is 0.532. The molecule has 0 aliphatic rings. The average molecular weight is 104 g/mol. The molecule has 0 saturated heterocycles. The van der Waals surface area contributed by atoms with Crippen LogP contribution in [0.25, 0.3) is 0 Å². The average Bonchev–Trinajstić information content (AvgIpc) is 1.72. The van der Waals surface area contributed by atoms with Crippen LogP contribution in [0.4, 0.5) is 0 Å². The van der Waals surface area contributed by atoms with Crippen LogP contribution in [0.3, 0.4) is 0 Å². The van der Waals surface area contributed by atoms with E-state index in [1.165, 1.54) is 7.11 Å². The minimum absolute atomic E-state index is 0.0972. The Balaban J connectivity index is 3.16. The Morgan fingerprint density at radius 1 is 2.00 bits per heavy atom. The number of hydrogen-bond donors (Lipinski definition) is 1. The van der Waals surface area contributed by atoms with E-state index in [1.807, 2.05) is 0 Å². The van der Waals surface area contributed by atoms with Gasteiger partial charge in [-0.25, -0.2) is 5.06 Å². The minimum Gasteiger partial charge on any atom is -0.312 e. The molecule has 1 amide bonds. The highest BCUT2D eigenvalue weighted by atomic mass is 16.7. The smallest absolute Gasteiger partial charge is 0.234 e. The second-order valence-corrected chi connectivity index (χ2v) is 0.888. The molecule has 0 bridgehead atoms. The molecule has 0 aromatic carbocycles. The maximum absolute atomic E-state index is 9.69. The molecule has 0 radical (unpaired) electrons. The maximum Gasteiger partial charge on any atom is 0.234 e. The van der Waals surface area contributed by atoms with Crippen LogP contribution in [-0.4, -0.2) is 25.3 Å². The van der Waals surface area contributed by atoms with Gasteiger partial charge >= 0.3 is 0 Å². The Hall–Kier alpha value is -0.610. The number of rotatable bonds is 3. The molecule has 0 aromatic heterocycles. The van der Waals surface area contributed by atoms with Crippen molar-refractivity contribution in [2.24, 2.45) is 5.73 Å². The first-order chi connectivity index (χ1) is 3.35. The molecule has 42 valence electrons. The lowest BCUT2D eigenvalue weighted by atomic mass is 11.0. The second-order valence-electron chi connectivity index (χ2n) is 0.888. The SMILES string of the molecule is CON(C=O)CN. The summed E-state index contributed by atoms with van der Waals surface area (Å²) >= 11 is 0. The largest absolute Gasteiger partial charge is 0.312 e. The summed E-state index contributed by atoms with van der Waals surface area (Å²) in [5.74, 6) is 0. The van der Waals surface area contributed by atoms with Crippen molar-refractivity contribution in [2.45, 2.75) is 0 Å². The number of nitrogens with zero attached hydrogens (tertiary/aromatic N) is 1. The van der Waals surface area contributed by atoms with Crippen LogP contribution in [0, 0.1) is 0 Å². The molecular weight excluding hydrogens is 96.0 g/mol. The molecular formula is C3H8N2O2. The zero-order chi connectivity index (χ0) is 5.70. The van der Waals surface area contributed by atoms with Crippen molar-refractivity contribution in [1.82, 2.24) is 5.06 Å². The van der Waals surface area contributed by atoms with Gasteiger partial charge in [-0.15, -0.1) is 0 Å². The Morgan fingerprint density at radius 2 is 2.57 bits per heavy atom. The van der Waals surface area contributed by atoms with E-state index in [2.05, 4.69) is 4.84 Å². The van der Waals surface area contributed by atoms with E-state index < -0.39 is 0 Å². The molecule has 0 atom stereocenters. The van der Waals surface area contributed by atoms with Crippen LogP contribution < -0.4 is 5.73 Å². The molecule has 0 rings (SSSR count). The summed E-state index contributed by atoms with van der Waals surface area (Å²) < 4.78 is 0. The van der Waals surface area contributed by atoms with Crippen molar-refractivity contribution < 1.29 is 9.63 Å². The van der Waals surface area contributed by atoms with Crippen molar-refractivity contribution in [3.63, 3.8) is 0 Å². The number of amides is 1. The molecule has 0 heterocycles. The van der Waals surface area contributed by atoms with Gasteiger partial charge in [0.1, 0.15) is 0 Å². The maximum atomic E-state index is 9.69.